The van der Waals surface area contributed by atoms with Crippen LogP contribution in [0.3, 0.4) is 0 Å². The molecule has 1 atom stereocenters. The summed E-state index contributed by atoms with van der Waals surface area (Å²) in [6.07, 6.45) is 6.31. The van der Waals surface area contributed by atoms with Crippen LogP contribution >= 0.6 is 0 Å². The summed E-state index contributed by atoms with van der Waals surface area (Å²) in [6.45, 7) is 4.74. The summed E-state index contributed by atoms with van der Waals surface area (Å²) in [5.74, 6) is -0.423. The molecule has 1 fully saturated rings. The lowest BCUT2D eigenvalue weighted by atomic mass is 10.1. The zero-order chi connectivity index (χ0) is 16.1. The number of hydrogen-bond acceptors (Lipinski definition) is 3. The first-order valence-corrected chi connectivity index (χ1v) is 8.12. The molecule has 1 aliphatic rings. The molecular weight excluding hydrogens is 282 g/mol. The molecule has 1 aromatic rings. The predicted octanol–water partition coefficient (Wildman–Crippen LogP) is 2.72. The van der Waals surface area contributed by atoms with E-state index in [9.17, 15) is 9.59 Å². The molecule has 1 unspecified atom stereocenters. The Morgan fingerprint density at radius 2 is 2.18 bits per heavy atom. The highest BCUT2D eigenvalue weighted by atomic mass is 16.4. The molecular formula is C16H25N3O3. The van der Waals surface area contributed by atoms with Gasteiger partial charge in [0.25, 0.3) is 5.91 Å². The molecule has 0 radical (unpaired) electrons. The zero-order valence-electron chi connectivity index (χ0n) is 13.3. The van der Waals surface area contributed by atoms with Gasteiger partial charge in [0.1, 0.15) is 0 Å². The second kappa shape index (κ2) is 7.42. The van der Waals surface area contributed by atoms with Crippen molar-refractivity contribution in [2.75, 3.05) is 6.54 Å². The van der Waals surface area contributed by atoms with E-state index in [-0.39, 0.29) is 12.3 Å². The Labute approximate surface area is 130 Å². The minimum absolute atomic E-state index is 0.0909. The number of aliphatic carboxylic acids is 1. The number of carboxylic acids is 1. The molecule has 22 heavy (non-hydrogen) atoms. The van der Waals surface area contributed by atoms with Gasteiger partial charge in [0.2, 0.25) is 0 Å². The molecule has 0 aromatic carbocycles. The Balaban J connectivity index is 1.95. The van der Waals surface area contributed by atoms with Crippen LogP contribution in [0.2, 0.25) is 0 Å². The van der Waals surface area contributed by atoms with Crippen molar-refractivity contribution in [1.29, 1.82) is 0 Å². The van der Waals surface area contributed by atoms with E-state index in [4.69, 9.17) is 5.11 Å². The van der Waals surface area contributed by atoms with E-state index >= 15 is 0 Å². The average molecular weight is 307 g/mol. The van der Waals surface area contributed by atoms with Crippen LogP contribution in [0.15, 0.2) is 6.20 Å². The maximum atomic E-state index is 12.3. The summed E-state index contributed by atoms with van der Waals surface area (Å²) in [7, 11) is 0. The molecule has 1 amide bonds. The van der Waals surface area contributed by atoms with Crippen molar-refractivity contribution in [3.63, 3.8) is 0 Å². The summed E-state index contributed by atoms with van der Waals surface area (Å²) in [5, 5.41) is 15.9. The van der Waals surface area contributed by atoms with Crippen LogP contribution in [0, 0.1) is 0 Å². The molecule has 0 saturated heterocycles. The monoisotopic (exact) mass is 307 g/mol. The molecule has 0 bridgehead atoms. The second-order valence-corrected chi connectivity index (χ2v) is 6.03. The summed E-state index contributed by atoms with van der Waals surface area (Å²) in [4.78, 5) is 22.8. The summed E-state index contributed by atoms with van der Waals surface area (Å²) < 4.78 is 2.00. The van der Waals surface area contributed by atoms with Crippen LogP contribution in [0.4, 0.5) is 0 Å². The number of aromatic nitrogens is 2. The normalized spacial score (nSPS) is 15.5. The maximum Gasteiger partial charge on any atom is 0.303 e. The van der Waals surface area contributed by atoms with Gasteiger partial charge < -0.3 is 10.4 Å². The van der Waals surface area contributed by atoms with E-state index < -0.39 is 5.97 Å². The second-order valence-electron chi connectivity index (χ2n) is 6.03. The quantitative estimate of drug-likeness (QED) is 0.687. The van der Waals surface area contributed by atoms with Gasteiger partial charge in [-0.25, -0.2) is 0 Å². The van der Waals surface area contributed by atoms with Gasteiger partial charge in [0.15, 0.2) is 0 Å². The third-order valence-corrected chi connectivity index (χ3v) is 4.15. The lowest BCUT2D eigenvalue weighted by molar-refractivity contribution is -0.137. The standard InChI is InChI=1S/C16H25N3O3/c1-3-11(2)19-15(12-7-8-12)13(10-18-19)16(22)17-9-5-4-6-14(20)21/h10-12H,3-9H2,1-2H3,(H,17,22)(H,20,21). The number of carboxylic acid groups (broad SMARTS) is 1. The Kier molecular flexibility index (Phi) is 5.57. The van der Waals surface area contributed by atoms with Crippen molar-refractivity contribution in [2.45, 2.75) is 64.3 Å². The zero-order valence-corrected chi connectivity index (χ0v) is 13.3. The Bertz CT molecular complexity index is 535. The van der Waals surface area contributed by atoms with Gasteiger partial charge in [-0.3, -0.25) is 14.3 Å². The number of unbranched alkanes of at least 4 members (excludes halogenated alkanes) is 1. The van der Waals surface area contributed by atoms with Crippen LogP contribution in [0.5, 0.6) is 0 Å². The molecule has 1 saturated carbocycles. The molecule has 6 heteroatoms. The fourth-order valence-corrected chi connectivity index (χ4v) is 2.53. The number of rotatable bonds is 9. The van der Waals surface area contributed by atoms with Crippen LogP contribution in [0.25, 0.3) is 0 Å². The first-order chi connectivity index (χ1) is 10.5. The molecule has 1 aromatic heterocycles. The van der Waals surface area contributed by atoms with E-state index in [1.54, 1.807) is 6.20 Å². The Morgan fingerprint density at radius 1 is 1.45 bits per heavy atom. The number of nitrogens with zero attached hydrogens (tertiary/aromatic N) is 2. The first-order valence-electron chi connectivity index (χ1n) is 8.12. The highest BCUT2D eigenvalue weighted by molar-refractivity contribution is 5.95. The van der Waals surface area contributed by atoms with Gasteiger partial charge in [-0.2, -0.15) is 5.10 Å². The van der Waals surface area contributed by atoms with E-state index in [1.165, 1.54) is 0 Å². The molecule has 122 valence electrons. The Hall–Kier alpha value is -1.85. The molecule has 0 aliphatic heterocycles. The Morgan fingerprint density at radius 3 is 2.77 bits per heavy atom. The molecule has 1 heterocycles. The average Bonchev–Trinajstić information content (AvgIpc) is 3.23. The molecule has 0 spiro atoms. The van der Waals surface area contributed by atoms with Gasteiger partial charge in [-0.15, -0.1) is 0 Å². The lowest BCUT2D eigenvalue weighted by Crippen LogP contribution is -2.25. The number of carbonyl (C=O) groups excluding carboxylic acids is 1. The molecule has 1 aliphatic carbocycles. The topological polar surface area (TPSA) is 84.2 Å². The van der Waals surface area contributed by atoms with Crippen LogP contribution < -0.4 is 5.32 Å². The lowest BCUT2D eigenvalue weighted by Gasteiger charge is -2.14. The minimum Gasteiger partial charge on any atom is -0.481 e. The van der Waals surface area contributed by atoms with E-state index in [2.05, 4.69) is 24.3 Å². The predicted molar refractivity (Wildman–Crippen MR) is 83.0 cm³/mol. The minimum atomic E-state index is -0.794. The van der Waals surface area contributed by atoms with Gasteiger partial charge >= 0.3 is 5.97 Å². The van der Waals surface area contributed by atoms with Gasteiger partial charge in [-0.05, 0) is 39.0 Å². The largest absolute Gasteiger partial charge is 0.481 e. The summed E-state index contributed by atoms with van der Waals surface area (Å²) in [5.41, 5.74) is 1.75. The third kappa shape index (κ3) is 4.08. The van der Waals surface area contributed by atoms with Crippen molar-refractivity contribution in [2.24, 2.45) is 0 Å². The van der Waals surface area contributed by atoms with Crippen molar-refractivity contribution < 1.29 is 14.7 Å². The van der Waals surface area contributed by atoms with Crippen LogP contribution in [-0.2, 0) is 4.79 Å². The number of carbonyl (C=O) groups is 2. The van der Waals surface area contributed by atoms with Gasteiger partial charge in [0, 0.05) is 24.9 Å². The fraction of sp³-hybridized carbons (Fsp3) is 0.688. The highest BCUT2D eigenvalue weighted by Gasteiger charge is 2.33. The van der Waals surface area contributed by atoms with Crippen molar-refractivity contribution in [3.05, 3.63) is 17.5 Å². The smallest absolute Gasteiger partial charge is 0.303 e. The van der Waals surface area contributed by atoms with Crippen molar-refractivity contribution in [3.8, 4) is 0 Å². The van der Waals surface area contributed by atoms with Crippen molar-refractivity contribution >= 4 is 11.9 Å². The first kappa shape index (κ1) is 16.5. The summed E-state index contributed by atoms with van der Waals surface area (Å²) >= 11 is 0. The van der Waals surface area contributed by atoms with Crippen molar-refractivity contribution in [1.82, 2.24) is 15.1 Å². The number of amides is 1. The highest BCUT2D eigenvalue weighted by Crippen LogP contribution is 2.42. The van der Waals surface area contributed by atoms with Gasteiger partial charge in [-0.1, -0.05) is 6.92 Å². The van der Waals surface area contributed by atoms with Crippen LogP contribution in [0.1, 0.15) is 80.4 Å². The molecule has 6 nitrogen and oxygen atoms in total. The van der Waals surface area contributed by atoms with Gasteiger partial charge in [0.05, 0.1) is 17.5 Å². The molecule has 2 N–H and O–H groups in total. The third-order valence-electron chi connectivity index (χ3n) is 4.15. The SMILES string of the molecule is CCC(C)n1ncc(C(=O)NCCCCC(=O)O)c1C1CC1. The maximum absolute atomic E-state index is 12.3. The molecule has 2 rings (SSSR count). The number of hydrogen-bond donors (Lipinski definition) is 2. The number of nitrogens with one attached hydrogen (secondary N) is 1. The van der Waals surface area contributed by atoms with E-state index in [0.717, 1.165) is 25.0 Å². The fourth-order valence-electron chi connectivity index (χ4n) is 2.53. The van der Waals surface area contributed by atoms with E-state index in [1.807, 2.05) is 4.68 Å². The van der Waals surface area contributed by atoms with Crippen LogP contribution in [-0.4, -0.2) is 33.3 Å². The summed E-state index contributed by atoms with van der Waals surface area (Å²) in [6, 6.07) is 0.299. The van der Waals surface area contributed by atoms with E-state index in [0.29, 0.717) is 36.9 Å².